The molecule has 3 N–H and O–H groups in total. The van der Waals surface area contributed by atoms with E-state index in [9.17, 15) is 14.7 Å². The van der Waals surface area contributed by atoms with E-state index >= 15 is 0 Å². The number of likely N-dealkylation sites (N-methyl/N-ethyl adjacent to an activating group) is 1. The maximum absolute atomic E-state index is 13.6. The molecule has 0 saturated heterocycles. The van der Waals surface area contributed by atoms with Gasteiger partial charge in [-0.1, -0.05) is 13.0 Å². The van der Waals surface area contributed by atoms with Gasteiger partial charge in [-0.05, 0) is 63.7 Å². The zero-order valence-corrected chi connectivity index (χ0v) is 22.7. The number of anilines is 1. The first kappa shape index (κ1) is 27.5. The van der Waals surface area contributed by atoms with E-state index in [1.807, 2.05) is 46.0 Å². The second-order valence-corrected chi connectivity index (χ2v) is 10.5. The number of hydrogen-bond donors (Lipinski definition) is 3. The third-order valence-corrected chi connectivity index (χ3v) is 6.72. The second-order valence-electron chi connectivity index (χ2n) is 10.5. The number of aliphatic hydroxyl groups is 1. The van der Waals surface area contributed by atoms with Gasteiger partial charge in [0.15, 0.2) is 11.5 Å². The molecule has 2 aliphatic rings. The second kappa shape index (κ2) is 11.9. The average Bonchev–Trinajstić information content (AvgIpc) is 3.33. The highest BCUT2D eigenvalue weighted by Gasteiger charge is 2.33. The number of amides is 3. The predicted octanol–water partition coefficient (Wildman–Crippen LogP) is 3.30. The van der Waals surface area contributed by atoms with E-state index < -0.39 is 0 Å². The summed E-state index contributed by atoms with van der Waals surface area (Å²) in [6, 6.07) is 10.3. The van der Waals surface area contributed by atoms with E-state index in [4.69, 9.17) is 14.2 Å². The zero-order valence-electron chi connectivity index (χ0n) is 22.7. The lowest BCUT2D eigenvalue weighted by molar-refractivity contribution is 0.0341. The first-order valence-electron chi connectivity index (χ1n) is 13.0. The molecule has 0 aliphatic carbocycles. The summed E-state index contributed by atoms with van der Waals surface area (Å²) in [6.45, 7) is 9.43. The van der Waals surface area contributed by atoms with Gasteiger partial charge in [-0.2, -0.15) is 0 Å². The molecule has 2 aliphatic heterocycles. The standard InChI is InChI=1S/C28H38N4O6/c1-17(2)29-28(35)30-21-7-9-23-22(11-21)27(34)32(19(4)15-33)12-18(3)26(38-23)14-31(5)13-20-6-8-24-25(10-20)37-16-36-24/h6-11,17-19,26,33H,12-16H2,1-5H3,(H2,29,30,35)/t18-,19-,26+/m1/s1. The highest BCUT2D eigenvalue weighted by atomic mass is 16.7. The molecule has 4 rings (SSSR count). The van der Waals surface area contributed by atoms with Gasteiger partial charge < -0.3 is 34.9 Å². The molecule has 38 heavy (non-hydrogen) atoms. The van der Waals surface area contributed by atoms with Crippen molar-refractivity contribution >= 4 is 17.6 Å². The number of ether oxygens (including phenoxy) is 3. The molecule has 0 aromatic heterocycles. The van der Waals surface area contributed by atoms with Gasteiger partial charge in [0.2, 0.25) is 6.79 Å². The zero-order chi connectivity index (χ0) is 27.4. The molecule has 3 amide bonds. The summed E-state index contributed by atoms with van der Waals surface area (Å²) in [5.41, 5.74) is 1.93. The van der Waals surface area contributed by atoms with Crippen LogP contribution in [0.25, 0.3) is 0 Å². The van der Waals surface area contributed by atoms with Crippen LogP contribution in [-0.2, 0) is 6.54 Å². The predicted molar refractivity (Wildman–Crippen MR) is 144 cm³/mol. The average molecular weight is 527 g/mol. The number of carbonyl (C=O) groups excluding carboxylic acids is 2. The first-order valence-corrected chi connectivity index (χ1v) is 13.0. The van der Waals surface area contributed by atoms with Crippen molar-refractivity contribution in [2.24, 2.45) is 5.92 Å². The van der Waals surface area contributed by atoms with Gasteiger partial charge in [0.25, 0.3) is 5.91 Å². The number of benzene rings is 2. The van der Waals surface area contributed by atoms with Crippen LogP contribution in [0.2, 0.25) is 0 Å². The van der Waals surface area contributed by atoms with Gasteiger partial charge in [-0.25, -0.2) is 4.79 Å². The molecule has 0 fully saturated rings. The van der Waals surface area contributed by atoms with Gasteiger partial charge in [-0.15, -0.1) is 0 Å². The lowest BCUT2D eigenvalue weighted by Crippen LogP contribution is -2.49. The number of fused-ring (bicyclic) bond motifs is 2. The molecular formula is C28H38N4O6. The normalized spacial score (nSPS) is 19.5. The molecular weight excluding hydrogens is 488 g/mol. The smallest absolute Gasteiger partial charge is 0.319 e. The summed E-state index contributed by atoms with van der Waals surface area (Å²) in [5.74, 6) is 1.71. The molecule has 0 radical (unpaired) electrons. The van der Waals surface area contributed by atoms with Crippen LogP contribution in [0.4, 0.5) is 10.5 Å². The van der Waals surface area contributed by atoms with Crippen LogP contribution >= 0.6 is 0 Å². The fourth-order valence-corrected chi connectivity index (χ4v) is 4.67. The Labute approximate surface area is 223 Å². The number of carbonyl (C=O) groups is 2. The number of hydrogen-bond acceptors (Lipinski definition) is 7. The topological polar surface area (TPSA) is 113 Å². The Morgan fingerprint density at radius 3 is 2.61 bits per heavy atom. The molecule has 0 bridgehead atoms. The lowest BCUT2D eigenvalue weighted by atomic mass is 9.99. The van der Waals surface area contributed by atoms with E-state index in [2.05, 4.69) is 22.5 Å². The Morgan fingerprint density at radius 1 is 1.13 bits per heavy atom. The molecule has 0 unspecified atom stereocenters. The Kier molecular flexibility index (Phi) is 8.63. The van der Waals surface area contributed by atoms with Gasteiger partial charge >= 0.3 is 6.03 Å². The summed E-state index contributed by atoms with van der Waals surface area (Å²) in [7, 11) is 2.03. The van der Waals surface area contributed by atoms with E-state index in [0.29, 0.717) is 36.6 Å². The SMILES string of the molecule is CC(C)NC(=O)Nc1ccc2c(c1)C(=O)N([C@H](C)CO)C[C@@H](C)[C@H](CN(C)Cc1ccc3c(c1)OCO3)O2. The number of urea groups is 1. The fraction of sp³-hybridized carbons (Fsp3) is 0.500. The molecule has 0 spiro atoms. The lowest BCUT2D eigenvalue weighted by Gasteiger charge is -2.38. The minimum atomic E-state index is -0.372. The number of aliphatic hydroxyl groups excluding tert-OH is 1. The maximum Gasteiger partial charge on any atom is 0.319 e. The third-order valence-electron chi connectivity index (χ3n) is 6.72. The van der Waals surface area contributed by atoms with Gasteiger partial charge in [0, 0.05) is 37.3 Å². The van der Waals surface area contributed by atoms with Crippen LogP contribution in [0.1, 0.15) is 43.6 Å². The summed E-state index contributed by atoms with van der Waals surface area (Å²) < 4.78 is 17.4. The summed E-state index contributed by atoms with van der Waals surface area (Å²) >= 11 is 0. The molecule has 10 nitrogen and oxygen atoms in total. The van der Waals surface area contributed by atoms with Gasteiger partial charge in [0.1, 0.15) is 11.9 Å². The van der Waals surface area contributed by atoms with Crippen molar-refractivity contribution in [3.8, 4) is 17.2 Å². The summed E-state index contributed by atoms with van der Waals surface area (Å²) in [6.07, 6.45) is -0.225. The Morgan fingerprint density at radius 2 is 1.87 bits per heavy atom. The van der Waals surface area contributed by atoms with Crippen molar-refractivity contribution < 1.29 is 28.9 Å². The van der Waals surface area contributed by atoms with Crippen molar-refractivity contribution in [1.29, 1.82) is 0 Å². The molecule has 3 atom stereocenters. The molecule has 2 aromatic rings. The van der Waals surface area contributed by atoms with E-state index in [1.54, 1.807) is 23.1 Å². The van der Waals surface area contributed by atoms with Crippen LogP contribution < -0.4 is 24.8 Å². The van der Waals surface area contributed by atoms with Gasteiger partial charge in [-0.3, -0.25) is 9.69 Å². The van der Waals surface area contributed by atoms with Crippen LogP contribution in [0.3, 0.4) is 0 Å². The third kappa shape index (κ3) is 6.49. The Bertz CT molecular complexity index is 1160. The molecule has 206 valence electrons. The van der Waals surface area contributed by atoms with E-state index in [-0.39, 0.29) is 49.4 Å². The van der Waals surface area contributed by atoms with Crippen molar-refractivity contribution in [2.45, 2.75) is 52.4 Å². The van der Waals surface area contributed by atoms with E-state index in [0.717, 1.165) is 17.1 Å². The van der Waals surface area contributed by atoms with Crippen LogP contribution in [0.15, 0.2) is 36.4 Å². The number of nitrogens with one attached hydrogen (secondary N) is 2. The highest BCUT2D eigenvalue weighted by molar-refractivity contribution is 5.99. The van der Waals surface area contributed by atoms with E-state index in [1.165, 1.54) is 0 Å². The maximum atomic E-state index is 13.6. The Balaban J connectivity index is 1.55. The number of nitrogens with zero attached hydrogens (tertiary/aromatic N) is 2. The fourth-order valence-electron chi connectivity index (χ4n) is 4.67. The first-order chi connectivity index (χ1) is 18.1. The molecule has 10 heteroatoms. The summed E-state index contributed by atoms with van der Waals surface area (Å²) in [5, 5.41) is 15.4. The minimum Gasteiger partial charge on any atom is -0.488 e. The van der Waals surface area contributed by atoms with Crippen molar-refractivity contribution in [1.82, 2.24) is 15.1 Å². The monoisotopic (exact) mass is 526 g/mol. The van der Waals surface area contributed by atoms with Crippen molar-refractivity contribution in [2.75, 3.05) is 38.9 Å². The van der Waals surface area contributed by atoms with Crippen LogP contribution in [0, 0.1) is 5.92 Å². The van der Waals surface area contributed by atoms with Gasteiger partial charge in [0.05, 0.1) is 18.2 Å². The number of rotatable bonds is 8. The largest absolute Gasteiger partial charge is 0.488 e. The molecule has 2 heterocycles. The highest BCUT2D eigenvalue weighted by Crippen LogP contribution is 2.33. The Hall–Kier alpha value is -3.50. The summed E-state index contributed by atoms with van der Waals surface area (Å²) in [4.78, 5) is 29.7. The van der Waals surface area contributed by atoms with Crippen LogP contribution in [0.5, 0.6) is 17.2 Å². The minimum absolute atomic E-state index is 0.00470. The molecule has 2 aromatic carbocycles. The quantitative estimate of drug-likeness (QED) is 0.484. The van der Waals surface area contributed by atoms with Crippen molar-refractivity contribution in [3.05, 3.63) is 47.5 Å². The van der Waals surface area contributed by atoms with Crippen LogP contribution in [-0.4, -0.2) is 78.6 Å². The molecule has 0 saturated carbocycles. The van der Waals surface area contributed by atoms with Crippen molar-refractivity contribution in [3.63, 3.8) is 0 Å².